The molecule has 0 aliphatic rings. The Morgan fingerprint density at radius 3 is 2.25 bits per heavy atom. The number of amides is 1. The lowest BCUT2D eigenvalue weighted by Crippen LogP contribution is -2.26. The Bertz CT molecular complexity index is 955. The number of furan rings is 1. The number of Topliss-reactive ketones (excluding diaryl/α,β-unsaturated/α-hetero) is 1. The Balaban J connectivity index is 1.55. The zero-order valence-electron chi connectivity index (χ0n) is 16.5. The van der Waals surface area contributed by atoms with Crippen molar-refractivity contribution >= 4 is 11.7 Å². The van der Waals surface area contributed by atoms with Gasteiger partial charge in [0.15, 0.2) is 5.78 Å². The van der Waals surface area contributed by atoms with Crippen LogP contribution in [0.2, 0.25) is 0 Å². The first kappa shape index (κ1) is 19.6. The second-order valence-corrected chi connectivity index (χ2v) is 7.02. The summed E-state index contributed by atoms with van der Waals surface area (Å²) in [6.45, 7) is 5.25. The number of rotatable bonds is 7. The Hall–Kier alpha value is -3.14. The van der Waals surface area contributed by atoms with Gasteiger partial charge in [-0.1, -0.05) is 54.6 Å². The number of ketones is 1. The van der Waals surface area contributed by atoms with Gasteiger partial charge in [0.1, 0.15) is 11.5 Å². The average Bonchev–Trinajstić information content (AvgIpc) is 3.08. The van der Waals surface area contributed by atoms with Crippen molar-refractivity contribution in [3.05, 3.63) is 83.3 Å². The average molecular weight is 375 g/mol. The molecule has 0 spiro atoms. The highest BCUT2D eigenvalue weighted by molar-refractivity contribution is 5.95. The van der Waals surface area contributed by atoms with Gasteiger partial charge >= 0.3 is 0 Å². The number of benzene rings is 2. The molecule has 1 aromatic heterocycles. The molecule has 0 bridgehead atoms. The molecule has 0 aliphatic heterocycles. The van der Waals surface area contributed by atoms with Gasteiger partial charge in [-0.3, -0.25) is 9.59 Å². The zero-order valence-corrected chi connectivity index (χ0v) is 16.5. The molecule has 1 N–H and O–H groups in total. The van der Waals surface area contributed by atoms with Crippen LogP contribution < -0.4 is 5.32 Å². The van der Waals surface area contributed by atoms with E-state index in [1.54, 1.807) is 13.0 Å². The molecule has 0 fully saturated rings. The molecule has 144 valence electrons. The molecule has 28 heavy (non-hydrogen) atoms. The fourth-order valence-electron chi connectivity index (χ4n) is 3.24. The summed E-state index contributed by atoms with van der Waals surface area (Å²) >= 11 is 0. The van der Waals surface area contributed by atoms with Gasteiger partial charge in [0.25, 0.3) is 0 Å². The predicted molar refractivity (Wildman–Crippen MR) is 110 cm³/mol. The molecule has 3 aromatic rings. The van der Waals surface area contributed by atoms with Crippen molar-refractivity contribution in [2.24, 2.45) is 0 Å². The van der Waals surface area contributed by atoms with Gasteiger partial charge in [-0.2, -0.15) is 0 Å². The van der Waals surface area contributed by atoms with E-state index < -0.39 is 0 Å². The van der Waals surface area contributed by atoms with Crippen LogP contribution in [0.3, 0.4) is 0 Å². The van der Waals surface area contributed by atoms with Gasteiger partial charge in [0.2, 0.25) is 5.91 Å². The second kappa shape index (κ2) is 8.70. The Morgan fingerprint density at radius 1 is 1.00 bits per heavy atom. The van der Waals surface area contributed by atoms with E-state index in [0.717, 1.165) is 11.1 Å². The van der Waals surface area contributed by atoms with Crippen molar-refractivity contribution in [3.8, 4) is 11.1 Å². The summed E-state index contributed by atoms with van der Waals surface area (Å²) in [7, 11) is 0. The fourth-order valence-corrected chi connectivity index (χ4v) is 3.24. The summed E-state index contributed by atoms with van der Waals surface area (Å²) in [5.41, 5.74) is 3.96. The van der Waals surface area contributed by atoms with Crippen molar-refractivity contribution in [3.63, 3.8) is 0 Å². The second-order valence-electron chi connectivity index (χ2n) is 7.02. The lowest BCUT2D eigenvalue weighted by atomic mass is 10.0. The number of carbonyl (C=O) groups excluding carboxylic acids is 2. The van der Waals surface area contributed by atoms with Gasteiger partial charge in [-0.25, -0.2) is 0 Å². The molecule has 1 heterocycles. The van der Waals surface area contributed by atoms with Crippen LogP contribution in [0.25, 0.3) is 11.1 Å². The molecule has 2 aromatic carbocycles. The monoisotopic (exact) mass is 375 g/mol. The maximum atomic E-state index is 12.3. The number of hydrogen-bond acceptors (Lipinski definition) is 3. The number of carbonyl (C=O) groups is 2. The summed E-state index contributed by atoms with van der Waals surface area (Å²) < 4.78 is 5.57. The van der Waals surface area contributed by atoms with Crippen molar-refractivity contribution in [1.82, 2.24) is 5.32 Å². The van der Waals surface area contributed by atoms with Crippen LogP contribution in [0.4, 0.5) is 0 Å². The van der Waals surface area contributed by atoms with Crippen molar-refractivity contribution in [2.75, 3.05) is 0 Å². The molecule has 0 radical (unpaired) electrons. The predicted octanol–water partition coefficient (Wildman–Crippen LogP) is 5.27. The van der Waals surface area contributed by atoms with E-state index in [9.17, 15) is 9.59 Å². The summed E-state index contributed by atoms with van der Waals surface area (Å²) in [5.74, 6) is 1.20. The summed E-state index contributed by atoms with van der Waals surface area (Å²) in [5, 5.41) is 3.02. The Kier molecular flexibility index (Phi) is 6.09. The van der Waals surface area contributed by atoms with E-state index in [4.69, 9.17) is 4.42 Å². The molecule has 3 rings (SSSR count). The summed E-state index contributed by atoms with van der Waals surface area (Å²) in [4.78, 5) is 23.8. The molecule has 4 heteroatoms. The van der Waals surface area contributed by atoms with E-state index in [0.29, 0.717) is 29.9 Å². The first-order chi connectivity index (χ1) is 13.4. The first-order valence-corrected chi connectivity index (χ1v) is 9.49. The first-order valence-electron chi connectivity index (χ1n) is 9.49. The van der Waals surface area contributed by atoms with Gasteiger partial charge < -0.3 is 9.73 Å². The Labute approximate surface area is 165 Å². The summed E-state index contributed by atoms with van der Waals surface area (Å²) in [6, 6.07) is 20.1. The molecule has 0 saturated carbocycles. The minimum Gasteiger partial charge on any atom is -0.466 e. The number of nitrogens with one attached hydrogen (secondary N) is 1. The lowest BCUT2D eigenvalue weighted by Gasteiger charge is -2.15. The van der Waals surface area contributed by atoms with E-state index >= 15 is 0 Å². The maximum Gasteiger partial charge on any atom is 0.220 e. The van der Waals surface area contributed by atoms with E-state index in [1.807, 2.05) is 37.3 Å². The van der Waals surface area contributed by atoms with Crippen LogP contribution in [-0.2, 0) is 11.2 Å². The SMILES string of the molecule is CC(=O)c1cc(CCC(=O)NC(C)c2ccc(-c3ccccc3)cc2)oc1C. The van der Waals surface area contributed by atoms with Crippen molar-refractivity contribution in [1.29, 1.82) is 0 Å². The van der Waals surface area contributed by atoms with E-state index in [-0.39, 0.29) is 17.7 Å². The standard InChI is InChI=1S/C24H25NO3/c1-16(19-9-11-21(12-10-19)20-7-5-4-6-8-20)25-24(27)14-13-22-15-23(17(2)26)18(3)28-22/h4-12,15-16H,13-14H2,1-3H3,(H,25,27). The quantitative estimate of drug-likeness (QED) is 0.573. The molecule has 4 nitrogen and oxygen atoms in total. The zero-order chi connectivity index (χ0) is 20.1. The molecule has 0 saturated heterocycles. The van der Waals surface area contributed by atoms with Gasteiger partial charge in [-0.15, -0.1) is 0 Å². The van der Waals surface area contributed by atoms with Crippen LogP contribution in [0.1, 0.15) is 53.8 Å². The van der Waals surface area contributed by atoms with Gasteiger partial charge in [0, 0.05) is 12.8 Å². The van der Waals surface area contributed by atoms with Crippen LogP contribution >= 0.6 is 0 Å². The van der Waals surface area contributed by atoms with E-state index in [2.05, 4.69) is 29.6 Å². The number of hydrogen-bond donors (Lipinski definition) is 1. The largest absolute Gasteiger partial charge is 0.466 e. The molecule has 1 amide bonds. The third kappa shape index (κ3) is 4.77. The van der Waals surface area contributed by atoms with Crippen LogP contribution in [0.5, 0.6) is 0 Å². The summed E-state index contributed by atoms with van der Waals surface area (Å²) in [6.07, 6.45) is 0.788. The topological polar surface area (TPSA) is 59.3 Å². The van der Waals surface area contributed by atoms with E-state index in [1.165, 1.54) is 12.5 Å². The van der Waals surface area contributed by atoms with Crippen LogP contribution in [0.15, 0.2) is 65.1 Å². The van der Waals surface area contributed by atoms with Crippen LogP contribution in [0, 0.1) is 6.92 Å². The minimum absolute atomic E-state index is 0.0236. The van der Waals surface area contributed by atoms with Gasteiger partial charge in [-0.05, 0) is 43.5 Å². The molecular formula is C24H25NO3. The highest BCUT2D eigenvalue weighted by Crippen LogP contribution is 2.22. The van der Waals surface area contributed by atoms with Gasteiger partial charge in [0.05, 0.1) is 11.6 Å². The lowest BCUT2D eigenvalue weighted by molar-refractivity contribution is -0.121. The third-order valence-corrected chi connectivity index (χ3v) is 4.84. The molecule has 0 aliphatic carbocycles. The van der Waals surface area contributed by atoms with Crippen LogP contribution in [-0.4, -0.2) is 11.7 Å². The normalized spacial score (nSPS) is 11.8. The van der Waals surface area contributed by atoms with Crippen molar-refractivity contribution < 1.29 is 14.0 Å². The molecular weight excluding hydrogens is 350 g/mol. The third-order valence-electron chi connectivity index (χ3n) is 4.84. The number of aryl methyl sites for hydroxylation is 2. The van der Waals surface area contributed by atoms with Crippen molar-refractivity contribution in [2.45, 2.75) is 39.7 Å². The highest BCUT2D eigenvalue weighted by Gasteiger charge is 2.14. The Morgan fingerprint density at radius 2 is 1.64 bits per heavy atom. The smallest absolute Gasteiger partial charge is 0.220 e. The molecule has 1 unspecified atom stereocenters. The maximum absolute atomic E-state index is 12.3. The fraction of sp³-hybridized carbons (Fsp3) is 0.250. The highest BCUT2D eigenvalue weighted by atomic mass is 16.3. The molecule has 1 atom stereocenters. The minimum atomic E-state index is -0.0801.